The predicted octanol–water partition coefficient (Wildman–Crippen LogP) is 2.26. The lowest BCUT2D eigenvalue weighted by molar-refractivity contribution is 0.737. The third-order valence-electron chi connectivity index (χ3n) is 2.93. The van der Waals surface area contributed by atoms with Gasteiger partial charge in [0.2, 0.25) is 0 Å². The van der Waals surface area contributed by atoms with Crippen LogP contribution < -0.4 is 16.8 Å². The highest BCUT2D eigenvalue weighted by atomic mass is 14.9. The molecule has 18 heavy (non-hydrogen) atoms. The minimum Gasteiger partial charge on any atom is -0.381 e. The van der Waals surface area contributed by atoms with Gasteiger partial charge in [0.15, 0.2) is 0 Å². The number of anilines is 1. The van der Waals surface area contributed by atoms with Crippen molar-refractivity contribution < 1.29 is 0 Å². The normalized spacial score (nSPS) is 12.1. The molecule has 0 heterocycles. The summed E-state index contributed by atoms with van der Waals surface area (Å²) < 4.78 is 0. The second kappa shape index (κ2) is 6.19. The average Bonchev–Trinajstić information content (AvgIpc) is 2.46. The van der Waals surface area contributed by atoms with Crippen molar-refractivity contribution in [1.82, 2.24) is 0 Å². The third-order valence-corrected chi connectivity index (χ3v) is 2.93. The molecule has 0 unspecified atom stereocenters. The Kier molecular flexibility index (Phi) is 4.34. The van der Waals surface area contributed by atoms with Gasteiger partial charge in [-0.05, 0) is 23.3 Å². The van der Waals surface area contributed by atoms with Gasteiger partial charge in [0, 0.05) is 24.8 Å². The molecule has 0 radical (unpaired) electrons. The summed E-state index contributed by atoms with van der Waals surface area (Å²) in [6.07, 6.45) is 0. The molecule has 2 rings (SSSR count). The van der Waals surface area contributed by atoms with Crippen LogP contribution in [0, 0.1) is 0 Å². The van der Waals surface area contributed by atoms with E-state index in [9.17, 15) is 0 Å². The molecule has 0 aromatic heterocycles. The van der Waals surface area contributed by atoms with Gasteiger partial charge in [-0.3, -0.25) is 0 Å². The fourth-order valence-electron chi connectivity index (χ4n) is 1.78. The van der Waals surface area contributed by atoms with Crippen LogP contribution in [0.25, 0.3) is 0 Å². The van der Waals surface area contributed by atoms with Crippen LogP contribution in [0.1, 0.15) is 17.2 Å². The van der Waals surface area contributed by atoms with Crippen LogP contribution >= 0.6 is 0 Å². The van der Waals surface area contributed by atoms with E-state index in [1.54, 1.807) is 0 Å². The van der Waals surface area contributed by atoms with Crippen LogP contribution in [0.2, 0.25) is 0 Å². The summed E-state index contributed by atoms with van der Waals surface area (Å²) >= 11 is 0. The Labute approximate surface area is 108 Å². The molecule has 3 heteroatoms. The summed E-state index contributed by atoms with van der Waals surface area (Å²) in [4.78, 5) is 0. The number of benzene rings is 2. The second-order valence-electron chi connectivity index (χ2n) is 4.30. The molecule has 5 N–H and O–H groups in total. The van der Waals surface area contributed by atoms with Crippen LogP contribution in [0.5, 0.6) is 0 Å². The summed E-state index contributed by atoms with van der Waals surface area (Å²) in [5.74, 6) is 0. The first-order valence-corrected chi connectivity index (χ1v) is 6.13. The molecular formula is C15H19N3. The molecule has 0 saturated heterocycles. The molecule has 1 atom stereocenters. The minimum absolute atomic E-state index is 0.0758. The van der Waals surface area contributed by atoms with Crippen molar-refractivity contribution in [3.63, 3.8) is 0 Å². The van der Waals surface area contributed by atoms with Crippen molar-refractivity contribution >= 4 is 5.69 Å². The zero-order valence-corrected chi connectivity index (χ0v) is 10.3. The molecule has 0 aliphatic carbocycles. The quantitative estimate of drug-likeness (QED) is 0.752. The van der Waals surface area contributed by atoms with Crippen molar-refractivity contribution in [3.05, 3.63) is 65.7 Å². The summed E-state index contributed by atoms with van der Waals surface area (Å²) in [6, 6.07) is 18.3. The second-order valence-corrected chi connectivity index (χ2v) is 4.30. The molecule has 2 aromatic carbocycles. The first-order chi connectivity index (χ1) is 8.79. The van der Waals surface area contributed by atoms with Gasteiger partial charge in [0.05, 0.1) is 0 Å². The van der Waals surface area contributed by atoms with Crippen molar-refractivity contribution in [1.29, 1.82) is 0 Å². The van der Waals surface area contributed by atoms with E-state index in [0.717, 1.165) is 17.8 Å². The summed E-state index contributed by atoms with van der Waals surface area (Å²) in [5.41, 5.74) is 14.8. The van der Waals surface area contributed by atoms with Crippen LogP contribution in [-0.2, 0) is 6.54 Å². The van der Waals surface area contributed by atoms with E-state index in [0.29, 0.717) is 6.54 Å². The highest BCUT2D eigenvalue weighted by Crippen LogP contribution is 2.14. The Hall–Kier alpha value is -1.84. The largest absolute Gasteiger partial charge is 0.381 e. The molecule has 0 spiro atoms. The Morgan fingerprint density at radius 1 is 0.944 bits per heavy atom. The van der Waals surface area contributed by atoms with E-state index in [1.807, 2.05) is 42.5 Å². The molecule has 3 nitrogen and oxygen atoms in total. The van der Waals surface area contributed by atoms with E-state index in [4.69, 9.17) is 11.5 Å². The molecule has 0 amide bonds. The molecule has 0 saturated carbocycles. The van der Waals surface area contributed by atoms with E-state index >= 15 is 0 Å². The van der Waals surface area contributed by atoms with Gasteiger partial charge >= 0.3 is 0 Å². The number of hydrogen-bond donors (Lipinski definition) is 3. The van der Waals surface area contributed by atoms with Gasteiger partial charge < -0.3 is 16.8 Å². The zero-order valence-electron chi connectivity index (χ0n) is 10.3. The lowest BCUT2D eigenvalue weighted by Crippen LogP contribution is -2.20. The number of hydrogen-bond acceptors (Lipinski definition) is 3. The third kappa shape index (κ3) is 3.32. The molecule has 0 aliphatic rings. The lowest BCUT2D eigenvalue weighted by Gasteiger charge is -2.11. The van der Waals surface area contributed by atoms with Gasteiger partial charge in [-0.15, -0.1) is 0 Å². The number of nitrogens with one attached hydrogen (secondary N) is 1. The summed E-state index contributed by atoms with van der Waals surface area (Å²) in [5, 5.41) is 3.37. The molecule has 2 aromatic rings. The molecule has 0 fully saturated rings. The molecule has 0 aliphatic heterocycles. The fraction of sp³-hybridized carbons (Fsp3) is 0.200. The van der Waals surface area contributed by atoms with Crippen LogP contribution in [0.15, 0.2) is 54.6 Å². The SMILES string of the molecule is NC[C@@H](N)c1ccc(NCc2ccccc2)cc1. The van der Waals surface area contributed by atoms with Crippen molar-refractivity contribution in [2.45, 2.75) is 12.6 Å². The van der Waals surface area contributed by atoms with Gasteiger partial charge in [-0.25, -0.2) is 0 Å². The van der Waals surface area contributed by atoms with Crippen LogP contribution in [0.4, 0.5) is 5.69 Å². The van der Waals surface area contributed by atoms with E-state index in [1.165, 1.54) is 5.56 Å². The Morgan fingerprint density at radius 3 is 2.22 bits per heavy atom. The monoisotopic (exact) mass is 241 g/mol. The van der Waals surface area contributed by atoms with E-state index in [2.05, 4.69) is 17.4 Å². The van der Waals surface area contributed by atoms with Crippen LogP contribution in [-0.4, -0.2) is 6.54 Å². The van der Waals surface area contributed by atoms with Gasteiger partial charge in [-0.1, -0.05) is 42.5 Å². The number of nitrogens with two attached hydrogens (primary N) is 2. The summed E-state index contributed by atoms with van der Waals surface area (Å²) in [6.45, 7) is 1.29. The highest BCUT2D eigenvalue weighted by molar-refractivity contribution is 5.45. The maximum Gasteiger partial charge on any atom is 0.0419 e. The average molecular weight is 241 g/mol. The minimum atomic E-state index is -0.0758. The predicted molar refractivity (Wildman–Crippen MR) is 76.2 cm³/mol. The van der Waals surface area contributed by atoms with Crippen LogP contribution in [0.3, 0.4) is 0 Å². The smallest absolute Gasteiger partial charge is 0.0419 e. The maximum atomic E-state index is 5.86. The Bertz CT molecular complexity index is 465. The van der Waals surface area contributed by atoms with Crippen molar-refractivity contribution in [3.8, 4) is 0 Å². The first-order valence-electron chi connectivity index (χ1n) is 6.13. The van der Waals surface area contributed by atoms with Gasteiger partial charge in [0.1, 0.15) is 0 Å². The van der Waals surface area contributed by atoms with E-state index in [-0.39, 0.29) is 6.04 Å². The maximum absolute atomic E-state index is 5.86. The van der Waals surface area contributed by atoms with Gasteiger partial charge in [0.25, 0.3) is 0 Å². The van der Waals surface area contributed by atoms with Crippen molar-refractivity contribution in [2.75, 3.05) is 11.9 Å². The zero-order chi connectivity index (χ0) is 12.8. The lowest BCUT2D eigenvalue weighted by atomic mass is 10.1. The van der Waals surface area contributed by atoms with Gasteiger partial charge in [-0.2, -0.15) is 0 Å². The molecule has 0 bridgehead atoms. The number of rotatable bonds is 5. The summed E-state index contributed by atoms with van der Waals surface area (Å²) in [7, 11) is 0. The standard InChI is InChI=1S/C15H19N3/c16-10-15(17)13-6-8-14(9-7-13)18-11-12-4-2-1-3-5-12/h1-9,15,18H,10-11,16-17H2/t15-/m1/s1. The first kappa shape index (κ1) is 12.6. The molecule has 94 valence electrons. The fourth-order valence-corrected chi connectivity index (χ4v) is 1.78. The molecular weight excluding hydrogens is 222 g/mol. The Morgan fingerprint density at radius 2 is 1.61 bits per heavy atom. The van der Waals surface area contributed by atoms with Crippen molar-refractivity contribution in [2.24, 2.45) is 11.5 Å². The highest BCUT2D eigenvalue weighted by Gasteiger charge is 2.02. The topological polar surface area (TPSA) is 64.1 Å². The Balaban J connectivity index is 1.94. The van der Waals surface area contributed by atoms with E-state index < -0.39 is 0 Å².